The summed E-state index contributed by atoms with van der Waals surface area (Å²) in [7, 11) is 0. The SMILES string of the molecule is O=C1C(COCc2ccccc2)NC(=O)C2(CCN(CCCc3ccccc3)CC2)N1CCc1c[nH]c2ccccc12. The fraction of sp³-hybridized carbons (Fsp3) is 0.371. The second-order valence-electron chi connectivity index (χ2n) is 11.6. The zero-order valence-corrected chi connectivity index (χ0v) is 24.1. The lowest BCUT2D eigenvalue weighted by atomic mass is 9.81. The number of H-pyrrole nitrogens is 1. The zero-order valence-electron chi connectivity index (χ0n) is 24.1. The number of piperazine rings is 1. The molecule has 2 N–H and O–H groups in total. The molecular formula is C35H40N4O3. The molecular weight excluding hydrogens is 524 g/mol. The highest BCUT2D eigenvalue weighted by Gasteiger charge is 2.53. The van der Waals surface area contributed by atoms with Crippen LogP contribution in [0, 0.1) is 0 Å². The number of carbonyl (C=O) groups excluding carboxylic acids is 2. The number of para-hydroxylation sites is 1. The molecule has 218 valence electrons. The van der Waals surface area contributed by atoms with Crippen LogP contribution in [0.1, 0.15) is 36.0 Å². The molecule has 2 aliphatic heterocycles. The summed E-state index contributed by atoms with van der Waals surface area (Å²) in [5.41, 5.74) is 3.82. The topological polar surface area (TPSA) is 77.7 Å². The number of amides is 2. The van der Waals surface area contributed by atoms with Crippen LogP contribution in [-0.2, 0) is 33.8 Å². The van der Waals surface area contributed by atoms with Gasteiger partial charge < -0.3 is 24.8 Å². The van der Waals surface area contributed by atoms with E-state index < -0.39 is 11.6 Å². The minimum absolute atomic E-state index is 0.0416. The number of aromatic nitrogens is 1. The molecule has 4 aromatic rings. The maximum absolute atomic E-state index is 14.0. The maximum Gasteiger partial charge on any atom is 0.248 e. The van der Waals surface area contributed by atoms with Crippen LogP contribution in [0.2, 0.25) is 0 Å². The van der Waals surface area contributed by atoms with Crippen molar-refractivity contribution < 1.29 is 14.3 Å². The quantitative estimate of drug-likeness (QED) is 0.276. The standard InChI is InChI=1S/C35H40N4O3/c40-33-32(26-42-25-28-12-5-2-6-13-28)37-34(41)35(39(33)21-17-29-24-36-31-16-8-7-15-30(29)31)18-22-38(23-19-35)20-9-14-27-10-3-1-4-11-27/h1-8,10-13,15-16,24,32,36H,9,14,17-23,25-26H2,(H,37,41). The van der Waals surface area contributed by atoms with Crippen molar-refractivity contribution in [1.29, 1.82) is 0 Å². The minimum atomic E-state index is -0.824. The van der Waals surface area contributed by atoms with Gasteiger partial charge in [-0.25, -0.2) is 0 Å². The molecule has 7 heteroatoms. The van der Waals surface area contributed by atoms with Gasteiger partial charge in [0.1, 0.15) is 11.6 Å². The molecule has 0 bridgehead atoms. The highest BCUT2D eigenvalue weighted by atomic mass is 16.5. The Kier molecular flexibility index (Phi) is 8.68. The minimum Gasteiger partial charge on any atom is -0.374 e. The van der Waals surface area contributed by atoms with Crippen molar-refractivity contribution in [2.45, 2.75) is 50.3 Å². The van der Waals surface area contributed by atoms with Gasteiger partial charge in [-0.15, -0.1) is 0 Å². The molecule has 0 aliphatic carbocycles. The number of hydrogen-bond donors (Lipinski definition) is 2. The fourth-order valence-corrected chi connectivity index (χ4v) is 6.55. The molecule has 2 saturated heterocycles. The number of piperidine rings is 1. The van der Waals surface area contributed by atoms with Gasteiger partial charge in [-0.3, -0.25) is 9.59 Å². The van der Waals surface area contributed by atoms with Crippen LogP contribution in [-0.4, -0.2) is 71.0 Å². The molecule has 7 nitrogen and oxygen atoms in total. The summed E-state index contributed by atoms with van der Waals surface area (Å²) in [6.07, 6.45) is 6.11. The largest absolute Gasteiger partial charge is 0.374 e. The molecule has 1 spiro atoms. The first-order valence-corrected chi connectivity index (χ1v) is 15.2. The molecule has 6 rings (SSSR count). The molecule has 2 amide bonds. The Hall–Kier alpha value is -3.94. The Bertz CT molecular complexity index is 1480. The van der Waals surface area contributed by atoms with E-state index in [4.69, 9.17) is 4.74 Å². The Morgan fingerprint density at radius 2 is 1.50 bits per heavy atom. The highest BCUT2D eigenvalue weighted by Crippen LogP contribution is 2.34. The number of nitrogens with one attached hydrogen (secondary N) is 2. The van der Waals surface area contributed by atoms with Crippen molar-refractivity contribution in [3.05, 3.63) is 108 Å². The summed E-state index contributed by atoms with van der Waals surface area (Å²) in [5.74, 6) is -0.0849. The summed E-state index contributed by atoms with van der Waals surface area (Å²) >= 11 is 0. The maximum atomic E-state index is 14.0. The van der Waals surface area contributed by atoms with Gasteiger partial charge in [0.15, 0.2) is 0 Å². The predicted octanol–water partition coefficient (Wildman–Crippen LogP) is 4.72. The van der Waals surface area contributed by atoms with Gasteiger partial charge in [0.05, 0.1) is 13.2 Å². The number of nitrogens with zero attached hydrogens (tertiary/aromatic N) is 2. The third kappa shape index (κ3) is 6.13. The van der Waals surface area contributed by atoms with Crippen LogP contribution >= 0.6 is 0 Å². The van der Waals surface area contributed by atoms with E-state index in [2.05, 4.69) is 51.6 Å². The van der Waals surface area contributed by atoms with Crippen molar-refractivity contribution in [1.82, 2.24) is 20.1 Å². The normalized spacial score (nSPS) is 19.0. The molecule has 3 aromatic carbocycles. The molecule has 2 aliphatic rings. The van der Waals surface area contributed by atoms with Gasteiger partial charge >= 0.3 is 0 Å². The van der Waals surface area contributed by atoms with Gasteiger partial charge in [0.25, 0.3) is 0 Å². The number of benzene rings is 3. The van der Waals surface area contributed by atoms with Gasteiger partial charge in [0, 0.05) is 36.7 Å². The van der Waals surface area contributed by atoms with Gasteiger partial charge in [-0.2, -0.15) is 0 Å². The number of likely N-dealkylation sites (tertiary alicyclic amines) is 1. The molecule has 0 saturated carbocycles. The van der Waals surface area contributed by atoms with Crippen molar-refractivity contribution in [2.75, 3.05) is 32.8 Å². The first kappa shape index (κ1) is 28.2. The van der Waals surface area contributed by atoms with Crippen LogP contribution in [0.3, 0.4) is 0 Å². The second kappa shape index (κ2) is 12.9. The van der Waals surface area contributed by atoms with Crippen LogP contribution in [0.25, 0.3) is 10.9 Å². The monoisotopic (exact) mass is 564 g/mol. The third-order valence-electron chi connectivity index (χ3n) is 8.95. The van der Waals surface area contributed by atoms with Crippen LogP contribution < -0.4 is 5.32 Å². The van der Waals surface area contributed by atoms with E-state index in [1.54, 1.807) is 0 Å². The molecule has 1 unspecified atom stereocenters. The zero-order chi connectivity index (χ0) is 28.8. The van der Waals surface area contributed by atoms with Crippen LogP contribution in [0.4, 0.5) is 0 Å². The van der Waals surface area contributed by atoms with Crippen molar-refractivity contribution in [3.63, 3.8) is 0 Å². The average molecular weight is 565 g/mol. The van der Waals surface area contributed by atoms with E-state index in [1.807, 2.05) is 59.6 Å². The molecule has 2 fully saturated rings. The summed E-state index contributed by atoms with van der Waals surface area (Å²) in [6.45, 7) is 3.65. The smallest absolute Gasteiger partial charge is 0.248 e. The van der Waals surface area contributed by atoms with E-state index in [-0.39, 0.29) is 18.4 Å². The predicted molar refractivity (Wildman–Crippen MR) is 165 cm³/mol. The van der Waals surface area contributed by atoms with E-state index in [1.165, 1.54) is 5.56 Å². The molecule has 1 atom stereocenters. The van der Waals surface area contributed by atoms with Gasteiger partial charge in [-0.1, -0.05) is 78.9 Å². The summed E-state index contributed by atoms with van der Waals surface area (Å²) < 4.78 is 5.93. The van der Waals surface area contributed by atoms with E-state index >= 15 is 0 Å². The van der Waals surface area contributed by atoms with Crippen LogP contribution in [0.15, 0.2) is 91.1 Å². The number of rotatable bonds is 11. The van der Waals surface area contributed by atoms with E-state index in [0.717, 1.165) is 54.5 Å². The van der Waals surface area contributed by atoms with E-state index in [0.29, 0.717) is 32.4 Å². The van der Waals surface area contributed by atoms with Crippen molar-refractivity contribution >= 4 is 22.7 Å². The van der Waals surface area contributed by atoms with Crippen LogP contribution in [0.5, 0.6) is 0 Å². The molecule has 1 aromatic heterocycles. The number of aryl methyl sites for hydroxylation is 1. The van der Waals surface area contributed by atoms with Crippen molar-refractivity contribution in [2.24, 2.45) is 0 Å². The van der Waals surface area contributed by atoms with Crippen molar-refractivity contribution in [3.8, 4) is 0 Å². The molecule has 42 heavy (non-hydrogen) atoms. The lowest BCUT2D eigenvalue weighted by Gasteiger charge is -2.51. The summed E-state index contributed by atoms with van der Waals surface area (Å²) in [5, 5.41) is 4.23. The molecule has 0 radical (unpaired) electrons. The average Bonchev–Trinajstić information content (AvgIpc) is 3.45. The third-order valence-corrected chi connectivity index (χ3v) is 8.95. The number of fused-ring (bicyclic) bond motifs is 1. The number of carbonyl (C=O) groups is 2. The lowest BCUT2D eigenvalue weighted by Crippen LogP contribution is -2.73. The second-order valence-corrected chi connectivity index (χ2v) is 11.6. The first-order valence-electron chi connectivity index (χ1n) is 15.2. The number of ether oxygens (including phenoxy) is 1. The van der Waals surface area contributed by atoms with Gasteiger partial charge in [-0.05, 0) is 61.4 Å². The number of hydrogen-bond acceptors (Lipinski definition) is 4. The first-order chi connectivity index (χ1) is 20.6. The van der Waals surface area contributed by atoms with E-state index in [9.17, 15) is 9.59 Å². The summed E-state index contributed by atoms with van der Waals surface area (Å²) in [6, 6.07) is 28.0. The lowest BCUT2D eigenvalue weighted by molar-refractivity contribution is -0.163. The van der Waals surface area contributed by atoms with Gasteiger partial charge in [0.2, 0.25) is 11.8 Å². The Balaban J connectivity index is 1.14. The fourth-order valence-electron chi connectivity index (χ4n) is 6.55. The summed E-state index contributed by atoms with van der Waals surface area (Å²) in [4.78, 5) is 35.6. The Morgan fingerprint density at radius 1 is 0.810 bits per heavy atom. The number of aromatic amines is 1. The molecule has 3 heterocycles. The highest BCUT2D eigenvalue weighted by molar-refractivity contribution is 6.00. The Morgan fingerprint density at radius 3 is 2.26 bits per heavy atom. The Labute approximate surface area is 247 Å².